The number of carbonyl (C=O) groups excluding carboxylic acids is 1. The summed E-state index contributed by atoms with van der Waals surface area (Å²) in [5.41, 5.74) is 0.811. The van der Waals surface area contributed by atoms with Crippen molar-refractivity contribution in [3.8, 4) is 0 Å². The van der Waals surface area contributed by atoms with Gasteiger partial charge in [0, 0.05) is 5.56 Å². The predicted molar refractivity (Wildman–Crippen MR) is 59.8 cm³/mol. The topological polar surface area (TPSA) is 44.9 Å². The zero-order chi connectivity index (χ0) is 9.64. The third-order valence-corrected chi connectivity index (χ3v) is 3.59. The first-order chi connectivity index (χ1) is 6.01. The van der Waals surface area contributed by atoms with E-state index >= 15 is 0 Å². The van der Waals surface area contributed by atoms with Crippen LogP contribution < -0.4 is 5.32 Å². The van der Waals surface area contributed by atoms with E-state index in [1.54, 1.807) is 12.1 Å². The molecular weight excluding hydrogens is 320 g/mol. The Bertz CT molecular complexity index is 440. The molecule has 1 amide bonds. The lowest BCUT2D eigenvalue weighted by molar-refractivity contribution is -0.115. The van der Waals surface area contributed by atoms with E-state index in [0.29, 0.717) is 10.5 Å². The third kappa shape index (κ3) is 1.37. The molecule has 0 bridgehead atoms. The molecule has 0 atom stereocenters. The Kier molecular flexibility index (Phi) is 2.08. The van der Waals surface area contributed by atoms with Crippen molar-refractivity contribution in [3.63, 3.8) is 0 Å². The quantitative estimate of drug-likeness (QED) is 0.569. The van der Waals surface area contributed by atoms with Crippen LogP contribution in [0.1, 0.15) is 5.56 Å². The highest BCUT2D eigenvalue weighted by atomic mass is 79.9. The van der Waals surface area contributed by atoms with Crippen LogP contribution in [0.2, 0.25) is 0 Å². The summed E-state index contributed by atoms with van der Waals surface area (Å²) in [6.45, 7) is 0. The van der Waals surface area contributed by atoms with Crippen LogP contribution >= 0.6 is 44.1 Å². The van der Waals surface area contributed by atoms with Gasteiger partial charge in [0.25, 0.3) is 5.91 Å². The number of pyridine rings is 1. The first-order valence-electron chi connectivity index (χ1n) is 3.45. The maximum Gasteiger partial charge on any atom is 0.257 e. The minimum Gasteiger partial charge on any atom is -0.333 e. The number of alkyl halides is 2. The van der Waals surface area contributed by atoms with Crippen LogP contribution in [-0.2, 0) is 8.03 Å². The molecule has 2 N–H and O–H groups in total. The molecule has 0 radical (unpaired) electrons. The normalized spacial score (nSPS) is 18.2. The largest absolute Gasteiger partial charge is 0.333 e. The number of carbonyl (C=O) groups is 1. The molecule has 2 rings (SSSR count). The van der Waals surface area contributed by atoms with Crippen LogP contribution in [0.4, 0.5) is 5.82 Å². The highest BCUT2D eigenvalue weighted by Gasteiger charge is 2.42. The summed E-state index contributed by atoms with van der Waals surface area (Å²) in [6.07, 6.45) is 0. The maximum atomic E-state index is 11.4. The molecule has 3 nitrogen and oxygen atoms in total. The van der Waals surface area contributed by atoms with Crippen molar-refractivity contribution in [1.29, 1.82) is 0 Å². The molecule has 0 aliphatic carbocycles. The number of halogens is 2. The lowest BCUT2D eigenvalue weighted by atomic mass is 10.2. The molecule has 6 heteroatoms. The van der Waals surface area contributed by atoms with Gasteiger partial charge in [-0.15, -0.1) is 0 Å². The van der Waals surface area contributed by atoms with E-state index in [0.717, 1.165) is 5.56 Å². The monoisotopic (exact) mass is 322 g/mol. The fourth-order valence-corrected chi connectivity index (χ4v) is 2.18. The first-order valence-corrected chi connectivity index (χ1v) is 5.44. The third-order valence-electron chi connectivity index (χ3n) is 1.78. The van der Waals surface area contributed by atoms with E-state index in [9.17, 15) is 4.79 Å². The maximum absolute atomic E-state index is 11.4. The van der Waals surface area contributed by atoms with E-state index in [1.165, 1.54) is 0 Å². The van der Waals surface area contributed by atoms with Gasteiger partial charge in [-0.05, 0) is 12.1 Å². The van der Waals surface area contributed by atoms with Gasteiger partial charge in [0.05, 0.1) is 0 Å². The highest BCUT2D eigenvalue weighted by molar-refractivity contribution is 9.25. The van der Waals surface area contributed by atoms with Gasteiger partial charge in [0.1, 0.15) is 10.5 Å². The molecule has 2 heterocycles. The second-order valence-electron chi connectivity index (χ2n) is 2.64. The average Bonchev–Trinajstić information content (AvgIpc) is 2.23. The predicted octanol–water partition coefficient (Wildman–Crippen LogP) is 2.64. The number of anilines is 1. The molecule has 0 aromatic carbocycles. The fourth-order valence-electron chi connectivity index (χ4n) is 1.15. The van der Waals surface area contributed by atoms with Crippen molar-refractivity contribution in [2.24, 2.45) is 0 Å². The standard InChI is InChI=1S/C7H4Br2N2OS/c8-7(9)3-1-2-4(13)10-5(3)11-6(7)12/h1-2H,(H2,10,11,12,13). The second kappa shape index (κ2) is 2.90. The molecule has 0 unspecified atom stereocenters. The Morgan fingerprint density at radius 2 is 2.08 bits per heavy atom. The Balaban J connectivity index is 2.68. The molecule has 0 saturated heterocycles. The molecule has 68 valence electrons. The molecule has 1 aliphatic heterocycles. The highest BCUT2D eigenvalue weighted by Crippen LogP contribution is 2.46. The number of aromatic nitrogens is 1. The minimum atomic E-state index is -0.825. The van der Waals surface area contributed by atoms with Gasteiger partial charge in [-0.25, -0.2) is 0 Å². The lowest BCUT2D eigenvalue weighted by Gasteiger charge is -2.08. The van der Waals surface area contributed by atoms with Gasteiger partial charge < -0.3 is 10.3 Å². The molecule has 0 saturated carbocycles. The van der Waals surface area contributed by atoms with Crippen molar-refractivity contribution in [2.45, 2.75) is 3.23 Å². The van der Waals surface area contributed by atoms with Crippen LogP contribution in [0.15, 0.2) is 12.1 Å². The van der Waals surface area contributed by atoms with E-state index < -0.39 is 3.23 Å². The number of hydrogen-bond donors (Lipinski definition) is 2. The molecule has 0 spiro atoms. The van der Waals surface area contributed by atoms with Crippen LogP contribution in [0.3, 0.4) is 0 Å². The summed E-state index contributed by atoms with van der Waals surface area (Å²) >= 11 is 11.5. The number of fused-ring (bicyclic) bond motifs is 1. The molecular formula is C7H4Br2N2OS. The summed E-state index contributed by atoms with van der Waals surface area (Å²) < 4.78 is -0.230. The van der Waals surface area contributed by atoms with Crippen molar-refractivity contribution in [3.05, 3.63) is 22.3 Å². The van der Waals surface area contributed by atoms with E-state index in [-0.39, 0.29) is 5.91 Å². The van der Waals surface area contributed by atoms with E-state index in [4.69, 9.17) is 12.2 Å². The summed E-state index contributed by atoms with van der Waals surface area (Å²) in [5, 5.41) is 2.67. The number of hydrogen-bond acceptors (Lipinski definition) is 2. The number of nitrogens with one attached hydrogen (secondary N) is 2. The molecule has 1 aromatic rings. The molecule has 1 aliphatic rings. The van der Waals surface area contributed by atoms with Crippen molar-refractivity contribution >= 4 is 55.8 Å². The molecule has 1 aromatic heterocycles. The van der Waals surface area contributed by atoms with Crippen LogP contribution in [0.5, 0.6) is 0 Å². The van der Waals surface area contributed by atoms with Gasteiger partial charge in [0.15, 0.2) is 3.23 Å². The summed E-state index contributed by atoms with van der Waals surface area (Å²) in [6, 6.07) is 3.54. The Labute approximate surface area is 96.2 Å². The van der Waals surface area contributed by atoms with Crippen molar-refractivity contribution < 1.29 is 4.79 Å². The van der Waals surface area contributed by atoms with Gasteiger partial charge in [0.2, 0.25) is 0 Å². The summed E-state index contributed by atoms with van der Waals surface area (Å²) in [4.78, 5) is 14.3. The Hall–Kier alpha value is -0.200. The van der Waals surface area contributed by atoms with Gasteiger partial charge >= 0.3 is 0 Å². The molecule has 13 heavy (non-hydrogen) atoms. The zero-order valence-electron chi connectivity index (χ0n) is 6.23. The minimum absolute atomic E-state index is 0.153. The Morgan fingerprint density at radius 1 is 1.38 bits per heavy atom. The number of rotatable bonds is 0. The average molecular weight is 324 g/mol. The second-order valence-corrected chi connectivity index (χ2v) is 6.52. The fraction of sp³-hybridized carbons (Fsp3) is 0.143. The van der Waals surface area contributed by atoms with Crippen LogP contribution in [-0.4, -0.2) is 10.9 Å². The van der Waals surface area contributed by atoms with Gasteiger partial charge in [-0.2, -0.15) is 0 Å². The zero-order valence-corrected chi connectivity index (χ0v) is 10.2. The van der Waals surface area contributed by atoms with Crippen LogP contribution in [0, 0.1) is 4.64 Å². The van der Waals surface area contributed by atoms with Crippen LogP contribution in [0.25, 0.3) is 0 Å². The van der Waals surface area contributed by atoms with E-state index in [1.807, 2.05) is 0 Å². The summed E-state index contributed by atoms with van der Waals surface area (Å²) in [5.74, 6) is 0.491. The SMILES string of the molecule is O=C1Nc2[nH]c(=S)ccc2C1(Br)Br. The van der Waals surface area contributed by atoms with Gasteiger partial charge in [-0.1, -0.05) is 44.1 Å². The van der Waals surface area contributed by atoms with Crippen molar-refractivity contribution in [2.75, 3.05) is 5.32 Å². The number of amides is 1. The summed E-state index contributed by atoms with van der Waals surface area (Å²) in [7, 11) is 0. The van der Waals surface area contributed by atoms with Crippen molar-refractivity contribution in [1.82, 2.24) is 4.98 Å². The lowest BCUT2D eigenvalue weighted by Crippen LogP contribution is -2.20. The number of aromatic amines is 1. The molecule has 0 fully saturated rings. The Morgan fingerprint density at radius 3 is 2.77 bits per heavy atom. The first kappa shape index (κ1) is 9.36. The smallest absolute Gasteiger partial charge is 0.257 e. The van der Waals surface area contributed by atoms with E-state index in [2.05, 4.69) is 42.2 Å². The number of H-pyrrole nitrogens is 1. The van der Waals surface area contributed by atoms with Gasteiger partial charge in [-0.3, -0.25) is 4.79 Å².